The molecular weight excluding hydrogens is 352 g/mol. The normalized spacial score (nSPS) is 10.5. The molecular formula is C18H16N4O3S. The van der Waals surface area contributed by atoms with E-state index >= 15 is 0 Å². The van der Waals surface area contributed by atoms with E-state index in [2.05, 4.69) is 27.2 Å². The van der Waals surface area contributed by atoms with Gasteiger partial charge < -0.3 is 9.73 Å². The maximum Gasteiger partial charge on any atom is 0.321 e. The smallest absolute Gasteiger partial charge is 0.321 e. The summed E-state index contributed by atoms with van der Waals surface area (Å²) in [4.78, 5) is 32.5. The van der Waals surface area contributed by atoms with Gasteiger partial charge in [-0.1, -0.05) is 36.0 Å². The second kappa shape index (κ2) is 8.30. The maximum atomic E-state index is 12.0. The summed E-state index contributed by atoms with van der Waals surface area (Å²) in [6.45, 7) is 3.78. The van der Waals surface area contributed by atoms with Crippen molar-refractivity contribution in [2.45, 2.75) is 5.03 Å². The van der Waals surface area contributed by atoms with E-state index in [-0.39, 0.29) is 12.3 Å². The number of nitrogens with zero attached hydrogens (tertiary/aromatic N) is 2. The van der Waals surface area contributed by atoms with E-state index in [1.54, 1.807) is 18.4 Å². The number of hydrogen-bond acceptors (Lipinski definition) is 6. The summed E-state index contributed by atoms with van der Waals surface area (Å²) in [7, 11) is 0. The van der Waals surface area contributed by atoms with E-state index in [0.29, 0.717) is 16.6 Å². The van der Waals surface area contributed by atoms with Gasteiger partial charge in [0.2, 0.25) is 5.91 Å². The zero-order chi connectivity index (χ0) is 18.4. The molecule has 1 aromatic carbocycles. The number of para-hydroxylation sites is 1. The molecule has 7 nitrogen and oxygen atoms in total. The summed E-state index contributed by atoms with van der Waals surface area (Å²) in [5.74, 6) is 0.616. The fourth-order valence-electron chi connectivity index (χ4n) is 2.18. The Morgan fingerprint density at radius 3 is 2.81 bits per heavy atom. The Balaban J connectivity index is 1.77. The highest BCUT2D eigenvalue weighted by molar-refractivity contribution is 8.00. The number of amides is 3. The summed E-state index contributed by atoms with van der Waals surface area (Å²) in [6.07, 6.45) is 3.08. The van der Waals surface area contributed by atoms with E-state index < -0.39 is 11.9 Å². The minimum absolute atomic E-state index is 0.0418. The van der Waals surface area contributed by atoms with E-state index in [9.17, 15) is 9.59 Å². The summed E-state index contributed by atoms with van der Waals surface area (Å²) < 4.78 is 5.36. The molecule has 0 radical (unpaired) electrons. The lowest BCUT2D eigenvalue weighted by molar-refractivity contribution is -0.117. The lowest BCUT2D eigenvalue weighted by Crippen LogP contribution is -2.40. The average Bonchev–Trinajstić information content (AvgIpc) is 3.19. The number of hydrogen-bond donors (Lipinski definition) is 2. The van der Waals surface area contributed by atoms with Crippen molar-refractivity contribution >= 4 is 34.6 Å². The highest BCUT2D eigenvalue weighted by Crippen LogP contribution is 2.28. The summed E-state index contributed by atoms with van der Waals surface area (Å²) in [5.41, 5.74) is 0.750. The molecule has 0 fully saturated rings. The molecule has 26 heavy (non-hydrogen) atoms. The van der Waals surface area contributed by atoms with E-state index in [4.69, 9.17) is 4.42 Å². The van der Waals surface area contributed by atoms with Crippen LogP contribution in [0.3, 0.4) is 0 Å². The Kier molecular flexibility index (Phi) is 5.65. The van der Waals surface area contributed by atoms with E-state index in [1.807, 2.05) is 24.3 Å². The minimum Gasteiger partial charge on any atom is -0.461 e. The highest BCUT2D eigenvalue weighted by Gasteiger charge is 2.14. The molecule has 0 aliphatic heterocycles. The molecule has 0 spiro atoms. The summed E-state index contributed by atoms with van der Waals surface area (Å²) in [5, 5.41) is 6.21. The van der Waals surface area contributed by atoms with E-state index in [1.165, 1.54) is 17.8 Å². The molecule has 3 aromatic rings. The summed E-state index contributed by atoms with van der Waals surface area (Å²) in [6, 6.07) is 10.5. The first-order chi connectivity index (χ1) is 12.7. The molecule has 0 atom stereocenters. The number of urea groups is 1. The number of carbonyl (C=O) groups is 2. The zero-order valence-electron chi connectivity index (χ0n) is 13.8. The van der Waals surface area contributed by atoms with Crippen molar-refractivity contribution < 1.29 is 14.0 Å². The maximum absolute atomic E-state index is 12.0. The Morgan fingerprint density at radius 2 is 2.04 bits per heavy atom. The van der Waals surface area contributed by atoms with Gasteiger partial charge in [0, 0.05) is 11.9 Å². The Bertz CT molecular complexity index is 941. The average molecular weight is 368 g/mol. The Hall–Kier alpha value is -3.13. The van der Waals surface area contributed by atoms with Gasteiger partial charge in [-0.25, -0.2) is 14.8 Å². The van der Waals surface area contributed by atoms with Gasteiger partial charge in [0.05, 0.1) is 17.5 Å². The van der Waals surface area contributed by atoms with Crippen molar-refractivity contribution in [3.8, 4) is 11.6 Å². The molecule has 8 heteroatoms. The van der Waals surface area contributed by atoms with Crippen molar-refractivity contribution in [3.05, 3.63) is 55.3 Å². The molecule has 132 valence electrons. The standard InChI is InChI=1S/C18H16N4O3S/c1-2-9-19-18(24)21-15(23)11-26-17-12-6-3-4-7-13(12)20-16(22-17)14-8-5-10-25-14/h2-8,10H,1,9,11H2,(H2,19,21,23,24). The molecule has 0 aliphatic carbocycles. The molecule has 3 rings (SSSR count). The third kappa shape index (κ3) is 4.28. The second-order valence-corrected chi connectivity index (χ2v) is 6.15. The van der Waals surface area contributed by atoms with Crippen molar-refractivity contribution in [2.24, 2.45) is 0 Å². The molecule has 2 aromatic heterocycles. The van der Waals surface area contributed by atoms with Crippen LogP contribution in [0, 0.1) is 0 Å². The van der Waals surface area contributed by atoms with Gasteiger partial charge in [-0.15, -0.1) is 6.58 Å². The summed E-state index contributed by atoms with van der Waals surface area (Å²) >= 11 is 1.23. The zero-order valence-corrected chi connectivity index (χ0v) is 14.6. The predicted molar refractivity (Wildman–Crippen MR) is 99.7 cm³/mol. The molecule has 0 aliphatic rings. The third-order valence-electron chi connectivity index (χ3n) is 3.31. The molecule has 0 saturated heterocycles. The molecule has 0 unspecified atom stereocenters. The Labute approximate surface area is 153 Å². The van der Waals surface area contributed by atoms with Gasteiger partial charge in [0.1, 0.15) is 5.03 Å². The fraction of sp³-hybridized carbons (Fsp3) is 0.111. The highest BCUT2D eigenvalue weighted by atomic mass is 32.2. The van der Waals surface area contributed by atoms with Gasteiger partial charge >= 0.3 is 6.03 Å². The number of nitrogens with one attached hydrogen (secondary N) is 2. The Morgan fingerprint density at radius 1 is 1.19 bits per heavy atom. The molecule has 2 N–H and O–H groups in total. The monoisotopic (exact) mass is 368 g/mol. The van der Waals surface area contributed by atoms with E-state index in [0.717, 1.165) is 10.9 Å². The SMILES string of the molecule is C=CCNC(=O)NC(=O)CSc1nc(-c2ccco2)nc2ccccc12. The first kappa shape index (κ1) is 17.7. The van der Waals surface area contributed by atoms with Crippen molar-refractivity contribution in [1.82, 2.24) is 20.6 Å². The second-order valence-electron chi connectivity index (χ2n) is 5.18. The van der Waals surface area contributed by atoms with Crippen LogP contribution < -0.4 is 10.6 Å². The van der Waals surface area contributed by atoms with Gasteiger partial charge in [-0.3, -0.25) is 10.1 Å². The van der Waals surface area contributed by atoms with Crippen LogP contribution in [0.1, 0.15) is 0 Å². The largest absolute Gasteiger partial charge is 0.461 e. The van der Waals surface area contributed by atoms with Crippen LogP contribution >= 0.6 is 11.8 Å². The number of imide groups is 1. The van der Waals surface area contributed by atoms with Crippen LogP contribution in [-0.4, -0.2) is 34.2 Å². The van der Waals surface area contributed by atoms with Gasteiger partial charge in [0.15, 0.2) is 11.6 Å². The molecule has 0 saturated carbocycles. The van der Waals surface area contributed by atoms with Crippen molar-refractivity contribution in [2.75, 3.05) is 12.3 Å². The predicted octanol–water partition coefficient (Wildman–Crippen LogP) is 2.99. The molecule has 3 amide bonds. The van der Waals surface area contributed by atoms with Gasteiger partial charge in [-0.05, 0) is 18.2 Å². The number of rotatable bonds is 6. The van der Waals surface area contributed by atoms with Crippen LogP contribution in [0.25, 0.3) is 22.5 Å². The third-order valence-corrected chi connectivity index (χ3v) is 4.30. The van der Waals surface area contributed by atoms with Crippen LogP contribution in [0.15, 0.2) is 64.8 Å². The number of carbonyl (C=O) groups excluding carboxylic acids is 2. The first-order valence-electron chi connectivity index (χ1n) is 7.79. The minimum atomic E-state index is -0.556. The topological polar surface area (TPSA) is 97.1 Å². The number of fused-ring (bicyclic) bond motifs is 1. The number of benzene rings is 1. The fourth-order valence-corrected chi connectivity index (χ4v) is 3.00. The lowest BCUT2D eigenvalue weighted by Gasteiger charge is -2.08. The van der Waals surface area contributed by atoms with Gasteiger partial charge in [0.25, 0.3) is 0 Å². The molecule has 0 bridgehead atoms. The van der Waals surface area contributed by atoms with Crippen LogP contribution in [0.2, 0.25) is 0 Å². The van der Waals surface area contributed by atoms with Crippen LogP contribution in [0.5, 0.6) is 0 Å². The molecule has 2 heterocycles. The van der Waals surface area contributed by atoms with Gasteiger partial charge in [-0.2, -0.15) is 0 Å². The van der Waals surface area contributed by atoms with Crippen molar-refractivity contribution in [1.29, 1.82) is 0 Å². The number of furan rings is 1. The van der Waals surface area contributed by atoms with Crippen LogP contribution in [0.4, 0.5) is 4.79 Å². The number of aromatic nitrogens is 2. The number of thioether (sulfide) groups is 1. The van der Waals surface area contributed by atoms with Crippen LogP contribution in [-0.2, 0) is 4.79 Å². The lowest BCUT2D eigenvalue weighted by atomic mass is 10.2. The first-order valence-corrected chi connectivity index (χ1v) is 8.78. The van der Waals surface area contributed by atoms with Crippen molar-refractivity contribution in [3.63, 3.8) is 0 Å². The quantitative estimate of drug-likeness (QED) is 0.394.